The highest BCUT2D eigenvalue weighted by Crippen LogP contribution is 2.23. The molecule has 0 saturated heterocycles. The summed E-state index contributed by atoms with van der Waals surface area (Å²) >= 11 is 0. The maximum absolute atomic E-state index is 11.7. The van der Waals surface area contributed by atoms with Gasteiger partial charge in [-0.3, -0.25) is 4.57 Å². The number of benzene rings is 1. The van der Waals surface area contributed by atoms with Gasteiger partial charge in [0.25, 0.3) is 0 Å². The molecule has 0 aliphatic rings. The maximum Gasteiger partial charge on any atom is 0.220 e. The Balaban J connectivity index is 2.80. The van der Waals surface area contributed by atoms with Crippen molar-refractivity contribution in [2.24, 2.45) is 0 Å². The molecule has 2 nitrogen and oxygen atoms in total. The van der Waals surface area contributed by atoms with Crippen LogP contribution in [0.25, 0.3) is 0 Å². The minimum absolute atomic E-state index is 0.575. The molecule has 78 valence electrons. The van der Waals surface area contributed by atoms with Crippen LogP contribution in [0.5, 0.6) is 0 Å². The first kappa shape index (κ1) is 11.5. The lowest BCUT2D eigenvalue weighted by Crippen LogP contribution is -2.03. The van der Waals surface area contributed by atoms with Crippen molar-refractivity contribution >= 4 is 13.3 Å². The molecule has 0 bridgehead atoms. The lowest BCUT2D eigenvalue weighted by molar-refractivity contribution is 0.335. The van der Waals surface area contributed by atoms with Crippen molar-refractivity contribution in [3.05, 3.63) is 29.3 Å². The molecule has 0 fully saturated rings. The molecule has 1 unspecified atom stereocenters. The van der Waals surface area contributed by atoms with E-state index in [0.717, 1.165) is 17.3 Å². The summed E-state index contributed by atoms with van der Waals surface area (Å²) < 4.78 is 16.9. The van der Waals surface area contributed by atoms with Gasteiger partial charge in [-0.25, -0.2) is 0 Å². The molecular weight excluding hydrogens is 195 g/mol. The molecule has 14 heavy (non-hydrogen) atoms. The predicted octanol–water partition coefficient (Wildman–Crippen LogP) is 2.83. The summed E-state index contributed by atoms with van der Waals surface area (Å²) in [6.45, 7) is 6.59. The molecule has 0 saturated carbocycles. The zero-order valence-corrected chi connectivity index (χ0v) is 9.96. The Labute approximate surface area is 86.2 Å². The number of hydrogen-bond donors (Lipinski definition) is 0. The fraction of sp³-hybridized carbons (Fsp3) is 0.455. The van der Waals surface area contributed by atoms with Gasteiger partial charge in [0.1, 0.15) is 0 Å². The van der Waals surface area contributed by atoms with Crippen LogP contribution in [0.4, 0.5) is 0 Å². The average molecular weight is 212 g/mol. The largest absolute Gasteiger partial charge is 0.327 e. The molecule has 3 heteroatoms. The Morgan fingerprint density at radius 3 is 2.64 bits per heavy atom. The van der Waals surface area contributed by atoms with Crippen LogP contribution in [0.1, 0.15) is 24.5 Å². The van der Waals surface area contributed by atoms with Crippen molar-refractivity contribution < 1.29 is 9.09 Å². The van der Waals surface area contributed by atoms with Gasteiger partial charge in [0, 0.05) is 5.30 Å². The highest BCUT2D eigenvalue weighted by atomic mass is 31.1. The van der Waals surface area contributed by atoms with E-state index >= 15 is 0 Å². The van der Waals surface area contributed by atoms with Crippen LogP contribution in [-0.2, 0) is 9.09 Å². The fourth-order valence-electron chi connectivity index (χ4n) is 1.32. The monoisotopic (exact) mass is 212 g/mol. The van der Waals surface area contributed by atoms with Crippen molar-refractivity contribution in [1.82, 2.24) is 0 Å². The molecule has 1 aromatic rings. The van der Waals surface area contributed by atoms with Crippen LogP contribution in [0, 0.1) is 13.8 Å². The quantitative estimate of drug-likeness (QED) is 0.717. The molecule has 0 radical (unpaired) electrons. The minimum Gasteiger partial charge on any atom is -0.327 e. The van der Waals surface area contributed by atoms with Crippen LogP contribution < -0.4 is 5.30 Å². The summed E-state index contributed by atoms with van der Waals surface area (Å²) in [4.78, 5) is 0. The first-order valence-electron chi connectivity index (χ1n) is 4.89. The first-order valence-corrected chi connectivity index (χ1v) is 6.21. The van der Waals surface area contributed by atoms with Gasteiger partial charge in [-0.1, -0.05) is 24.6 Å². The normalized spacial score (nSPS) is 12.8. The summed E-state index contributed by atoms with van der Waals surface area (Å²) in [7, 11) is -2.03. The SMILES string of the molecule is CCCO[PH](=O)c1ccc(C)cc1C. The Kier molecular flexibility index (Phi) is 4.37. The fourth-order valence-corrected chi connectivity index (χ4v) is 2.47. The molecule has 1 rings (SSSR count). The van der Waals surface area contributed by atoms with E-state index < -0.39 is 8.03 Å². The Morgan fingerprint density at radius 2 is 2.07 bits per heavy atom. The van der Waals surface area contributed by atoms with Crippen molar-refractivity contribution in [2.45, 2.75) is 27.2 Å². The third-order valence-corrected chi connectivity index (χ3v) is 3.51. The van der Waals surface area contributed by atoms with Crippen molar-refractivity contribution in [1.29, 1.82) is 0 Å². The number of hydrogen-bond acceptors (Lipinski definition) is 2. The highest BCUT2D eigenvalue weighted by Gasteiger charge is 2.06. The Hall–Kier alpha value is -0.590. The predicted molar refractivity (Wildman–Crippen MR) is 60.8 cm³/mol. The molecule has 0 heterocycles. The molecule has 0 aromatic heterocycles. The van der Waals surface area contributed by atoms with Gasteiger partial charge in [-0.15, -0.1) is 0 Å². The number of rotatable bonds is 4. The smallest absolute Gasteiger partial charge is 0.220 e. The van der Waals surface area contributed by atoms with Gasteiger partial charge >= 0.3 is 0 Å². The molecule has 0 aliphatic heterocycles. The third kappa shape index (κ3) is 2.97. The van der Waals surface area contributed by atoms with Gasteiger partial charge < -0.3 is 4.52 Å². The van der Waals surface area contributed by atoms with E-state index in [9.17, 15) is 4.57 Å². The lowest BCUT2D eigenvalue weighted by atomic mass is 10.2. The average Bonchev–Trinajstić information content (AvgIpc) is 2.14. The highest BCUT2D eigenvalue weighted by molar-refractivity contribution is 7.48. The zero-order valence-electron chi connectivity index (χ0n) is 8.96. The standard InChI is InChI=1S/C11H17O2P/c1-4-7-13-14(12)11-6-5-9(2)8-10(11)3/h5-6,8,14H,4,7H2,1-3H3. The van der Waals surface area contributed by atoms with E-state index in [1.807, 2.05) is 39.0 Å². The first-order chi connectivity index (χ1) is 6.65. The van der Waals surface area contributed by atoms with E-state index in [1.165, 1.54) is 5.56 Å². The van der Waals surface area contributed by atoms with Gasteiger partial charge in [-0.05, 0) is 31.9 Å². The second kappa shape index (κ2) is 5.33. The zero-order chi connectivity index (χ0) is 10.6. The Morgan fingerprint density at radius 1 is 1.36 bits per heavy atom. The van der Waals surface area contributed by atoms with Crippen LogP contribution in [0.15, 0.2) is 18.2 Å². The third-order valence-electron chi connectivity index (χ3n) is 2.04. The lowest BCUT2D eigenvalue weighted by Gasteiger charge is -2.07. The van der Waals surface area contributed by atoms with E-state index in [-0.39, 0.29) is 0 Å². The van der Waals surface area contributed by atoms with Crippen LogP contribution in [0.2, 0.25) is 0 Å². The van der Waals surface area contributed by atoms with Gasteiger partial charge in [-0.2, -0.15) is 0 Å². The van der Waals surface area contributed by atoms with E-state index in [4.69, 9.17) is 4.52 Å². The maximum atomic E-state index is 11.7. The van der Waals surface area contributed by atoms with Gasteiger partial charge in [0.15, 0.2) is 0 Å². The van der Waals surface area contributed by atoms with E-state index in [1.54, 1.807) is 0 Å². The number of aryl methyl sites for hydroxylation is 2. The summed E-state index contributed by atoms with van der Waals surface area (Å²) in [6, 6.07) is 5.91. The summed E-state index contributed by atoms with van der Waals surface area (Å²) in [5.74, 6) is 0. The van der Waals surface area contributed by atoms with Gasteiger partial charge in [0.2, 0.25) is 8.03 Å². The molecule has 1 atom stereocenters. The molecule has 0 N–H and O–H groups in total. The van der Waals surface area contributed by atoms with E-state index in [0.29, 0.717) is 6.61 Å². The van der Waals surface area contributed by atoms with Crippen LogP contribution >= 0.6 is 8.03 Å². The molecule has 0 aliphatic carbocycles. The Bertz CT molecular complexity index is 334. The minimum atomic E-state index is -2.03. The van der Waals surface area contributed by atoms with Crippen LogP contribution in [0.3, 0.4) is 0 Å². The molecule has 0 spiro atoms. The summed E-state index contributed by atoms with van der Waals surface area (Å²) in [5, 5.41) is 0.856. The second-order valence-electron chi connectivity index (χ2n) is 3.45. The molecular formula is C11H17O2P. The molecule has 1 aromatic carbocycles. The van der Waals surface area contributed by atoms with Crippen molar-refractivity contribution in [2.75, 3.05) is 6.61 Å². The summed E-state index contributed by atoms with van der Waals surface area (Å²) in [5.41, 5.74) is 2.25. The summed E-state index contributed by atoms with van der Waals surface area (Å²) in [6.07, 6.45) is 0.904. The second-order valence-corrected chi connectivity index (χ2v) is 4.86. The van der Waals surface area contributed by atoms with E-state index in [2.05, 4.69) is 0 Å². The van der Waals surface area contributed by atoms with Crippen LogP contribution in [-0.4, -0.2) is 6.61 Å². The van der Waals surface area contributed by atoms with Crippen molar-refractivity contribution in [3.63, 3.8) is 0 Å². The van der Waals surface area contributed by atoms with Gasteiger partial charge in [0.05, 0.1) is 6.61 Å². The van der Waals surface area contributed by atoms with Crippen molar-refractivity contribution in [3.8, 4) is 0 Å². The molecule has 0 amide bonds. The topological polar surface area (TPSA) is 26.3 Å².